The Morgan fingerprint density at radius 2 is 1.88 bits per heavy atom. The number of rotatable bonds is 5. The van der Waals surface area contributed by atoms with Crippen LogP contribution in [0, 0.1) is 11.7 Å². The highest BCUT2D eigenvalue weighted by Gasteiger charge is 2.26. The van der Waals surface area contributed by atoms with Gasteiger partial charge in [-0.15, -0.1) is 0 Å². The molecule has 7 nitrogen and oxygen atoms in total. The molecule has 0 radical (unpaired) electrons. The van der Waals surface area contributed by atoms with Crippen LogP contribution in [0.2, 0.25) is 0 Å². The maximum atomic E-state index is 13.9. The first-order valence-corrected chi connectivity index (χ1v) is 10.7. The fraction of sp³-hybridized carbons (Fsp3) is 0.250. The van der Waals surface area contributed by atoms with E-state index < -0.39 is 0 Å². The first kappa shape index (κ1) is 20.1. The molecule has 2 aromatic heterocycles. The predicted molar refractivity (Wildman–Crippen MR) is 121 cm³/mol. The van der Waals surface area contributed by atoms with Gasteiger partial charge >= 0.3 is 0 Å². The van der Waals surface area contributed by atoms with E-state index in [9.17, 15) is 9.18 Å². The molecule has 1 aliphatic heterocycles. The van der Waals surface area contributed by atoms with Crippen molar-refractivity contribution < 1.29 is 9.18 Å². The molecule has 162 valence electrons. The van der Waals surface area contributed by atoms with E-state index in [-0.39, 0.29) is 17.6 Å². The topological polar surface area (TPSA) is 86.8 Å². The molecule has 4 aromatic rings. The van der Waals surface area contributed by atoms with E-state index in [1.165, 1.54) is 6.07 Å². The van der Waals surface area contributed by atoms with Gasteiger partial charge in [0.05, 0.1) is 11.0 Å². The summed E-state index contributed by atoms with van der Waals surface area (Å²) in [4.78, 5) is 31.3. The van der Waals surface area contributed by atoms with Crippen molar-refractivity contribution in [3.05, 3.63) is 78.1 Å². The van der Waals surface area contributed by atoms with Gasteiger partial charge in [0.2, 0.25) is 11.9 Å². The number of amides is 1. The molecule has 1 fully saturated rings. The molecule has 1 aliphatic rings. The number of piperidine rings is 1. The Labute approximate surface area is 184 Å². The van der Waals surface area contributed by atoms with E-state index in [0.717, 1.165) is 42.7 Å². The monoisotopic (exact) mass is 430 g/mol. The second-order valence-electron chi connectivity index (χ2n) is 7.98. The van der Waals surface area contributed by atoms with Crippen LogP contribution < -0.4 is 10.2 Å². The first-order valence-electron chi connectivity index (χ1n) is 10.7. The molecule has 0 aliphatic carbocycles. The first-order chi connectivity index (χ1) is 15.7. The van der Waals surface area contributed by atoms with Crippen LogP contribution in [-0.4, -0.2) is 38.9 Å². The molecular weight excluding hydrogens is 407 g/mol. The highest BCUT2D eigenvalue weighted by atomic mass is 19.1. The molecule has 1 saturated heterocycles. The molecule has 1 amide bonds. The number of carbonyl (C=O) groups excluding carboxylic acids is 1. The van der Waals surface area contributed by atoms with Crippen molar-refractivity contribution in [3.8, 4) is 0 Å². The molecule has 0 spiro atoms. The fourth-order valence-corrected chi connectivity index (χ4v) is 4.09. The molecule has 2 N–H and O–H groups in total. The Bertz CT molecular complexity index is 1230. The lowest BCUT2D eigenvalue weighted by Crippen LogP contribution is -2.39. The van der Waals surface area contributed by atoms with Gasteiger partial charge in [-0.25, -0.2) is 19.3 Å². The highest BCUT2D eigenvalue weighted by molar-refractivity contribution is 5.94. The number of anilines is 2. The van der Waals surface area contributed by atoms with Gasteiger partial charge in [0.1, 0.15) is 11.6 Å². The zero-order chi connectivity index (χ0) is 21.9. The number of aromatic nitrogens is 4. The zero-order valence-electron chi connectivity index (χ0n) is 17.5. The van der Waals surface area contributed by atoms with Crippen molar-refractivity contribution >= 4 is 28.6 Å². The molecule has 0 atom stereocenters. The third kappa shape index (κ3) is 4.30. The van der Waals surface area contributed by atoms with Gasteiger partial charge in [-0.05, 0) is 48.7 Å². The average Bonchev–Trinajstić information content (AvgIpc) is 3.23. The molecule has 5 rings (SSSR count). The Balaban J connectivity index is 1.22. The number of benzene rings is 2. The van der Waals surface area contributed by atoms with E-state index in [1.807, 2.05) is 24.3 Å². The Morgan fingerprint density at radius 3 is 2.66 bits per heavy atom. The van der Waals surface area contributed by atoms with Crippen molar-refractivity contribution in [2.75, 3.05) is 23.3 Å². The summed E-state index contributed by atoms with van der Waals surface area (Å²) in [5.41, 5.74) is 2.90. The van der Waals surface area contributed by atoms with Crippen molar-refractivity contribution in [3.63, 3.8) is 0 Å². The number of nitrogens with one attached hydrogen (secondary N) is 2. The van der Waals surface area contributed by atoms with Crippen LogP contribution in [0.25, 0.3) is 11.0 Å². The summed E-state index contributed by atoms with van der Waals surface area (Å²) in [5, 5.41) is 3.03. The van der Waals surface area contributed by atoms with Gasteiger partial charge in [0, 0.05) is 43.5 Å². The van der Waals surface area contributed by atoms with E-state index in [2.05, 4.69) is 30.2 Å². The van der Waals surface area contributed by atoms with Crippen LogP contribution in [-0.2, 0) is 11.2 Å². The normalized spacial score (nSPS) is 14.6. The largest absolute Gasteiger partial charge is 0.342 e. The van der Waals surface area contributed by atoms with Crippen LogP contribution in [0.15, 0.2) is 60.9 Å². The smallest absolute Gasteiger partial charge is 0.227 e. The number of hydrogen-bond acceptors (Lipinski definition) is 5. The minimum Gasteiger partial charge on any atom is -0.342 e. The number of carbonyl (C=O) groups is 1. The number of H-pyrrole nitrogens is 1. The molecule has 2 aromatic carbocycles. The van der Waals surface area contributed by atoms with Crippen molar-refractivity contribution in [2.24, 2.45) is 5.92 Å². The molecular formula is C24H23FN6O. The zero-order valence-corrected chi connectivity index (χ0v) is 17.5. The van der Waals surface area contributed by atoms with Crippen LogP contribution in [0.5, 0.6) is 0 Å². The third-order valence-electron chi connectivity index (χ3n) is 5.81. The number of nitrogens with zero attached hydrogens (tertiary/aromatic N) is 4. The lowest BCUT2D eigenvalue weighted by atomic mass is 9.96. The number of aromatic amines is 1. The summed E-state index contributed by atoms with van der Waals surface area (Å²) in [5.74, 6) is 1.12. The van der Waals surface area contributed by atoms with Crippen LogP contribution in [0.1, 0.15) is 24.2 Å². The van der Waals surface area contributed by atoms with Crippen molar-refractivity contribution in [1.29, 1.82) is 0 Å². The lowest BCUT2D eigenvalue weighted by Gasteiger charge is -2.31. The summed E-state index contributed by atoms with van der Waals surface area (Å²) in [6.07, 6.45) is 5.35. The number of fused-ring (bicyclic) bond motifs is 1. The minimum atomic E-state index is -0.245. The second kappa shape index (κ2) is 8.74. The Kier molecular flexibility index (Phi) is 5.49. The summed E-state index contributed by atoms with van der Waals surface area (Å²) in [7, 11) is 0. The van der Waals surface area contributed by atoms with Gasteiger partial charge in [0.15, 0.2) is 0 Å². The van der Waals surface area contributed by atoms with Gasteiger partial charge in [0.25, 0.3) is 0 Å². The van der Waals surface area contributed by atoms with E-state index >= 15 is 0 Å². The maximum Gasteiger partial charge on any atom is 0.227 e. The molecule has 3 heterocycles. The molecule has 0 saturated carbocycles. The number of imidazole rings is 1. The van der Waals surface area contributed by atoms with Crippen molar-refractivity contribution in [1.82, 2.24) is 19.9 Å². The Hall–Kier alpha value is -3.81. The number of hydrogen-bond donors (Lipinski definition) is 2. The molecule has 8 heteroatoms. The van der Waals surface area contributed by atoms with E-state index in [0.29, 0.717) is 23.8 Å². The van der Waals surface area contributed by atoms with Crippen LogP contribution in [0.4, 0.5) is 16.0 Å². The average molecular weight is 430 g/mol. The van der Waals surface area contributed by atoms with Gasteiger partial charge in [-0.2, -0.15) is 0 Å². The molecule has 0 bridgehead atoms. The highest BCUT2D eigenvalue weighted by Crippen LogP contribution is 2.24. The number of halogens is 1. The summed E-state index contributed by atoms with van der Waals surface area (Å²) in [6, 6.07) is 14.1. The van der Waals surface area contributed by atoms with Gasteiger partial charge in [-0.3, -0.25) is 4.79 Å². The van der Waals surface area contributed by atoms with E-state index in [4.69, 9.17) is 0 Å². The standard InChI is InChI=1S/C24H23FN6O/c25-19-5-2-1-4-17(19)14-22-29-20-7-6-18(15-21(20)30-22)28-23(32)16-8-12-31(13-9-16)24-26-10-3-11-27-24/h1-7,10-11,15-16H,8-9,12-14H2,(H,28,32)(H,29,30). The SMILES string of the molecule is O=C(Nc1ccc2nc(Cc3ccccc3F)[nH]c2c1)C1CCN(c2ncccn2)CC1. The predicted octanol–water partition coefficient (Wildman–Crippen LogP) is 3.94. The second-order valence-corrected chi connectivity index (χ2v) is 7.98. The van der Waals surface area contributed by atoms with Crippen LogP contribution in [0.3, 0.4) is 0 Å². The van der Waals surface area contributed by atoms with Crippen LogP contribution >= 0.6 is 0 Å². The fourth-order valence-electron chi connectivity index (χ4n) is 4.09. The molecule has 0 unspecified atom stereocenters. The summed E-state index contributed by atoms with van der Waals surface area (Å²) in [6.45, 7) is 1.50. The van der Waals surface area contributed by atoms with E-state index in [1.54, 1.807) is 30.6 Å². The summed E-state index contributed by atoms with van der Waals surface area (Å²) < 4.78 is 13.9. The molecule has 32 heavy (non-hydrogen) atoms. The third-order valence-corrected chi connectivity index (χ3v) is 5.81. The van der Waals surface area contributed by atoms with Gasteiger partial charge in [-0.1, -0.05) is 18.2 Å². The minimum absolute atomic E-state index is 0.0177. The maximum absolute atomic E-state index is 13.9. The Morgan fingerprint density at radius 1 is 1.09 bits per heavy atom. The quantitative estimate of drug-likeness (QED) is 0.501. The van der Waals surface area contributed by atoms with Gasteiger partial charge < -0.3 is 15.2 Å². The lowest BCUT2D eigenvalue weighted by molar-refractivity contribution is -0.120. The van der Waals surface area contributed by atoms with Crippen molar-refractivity contribution in [2.45, 2.75) is 19.3 Å². The summed E-state index contributed by atoms with van der Waals surface area (Å²) >= 11 is 0.